The van der Waals surface area contributed by atoms with E-state index in [1.54, 1.807) is 0 Å². The monoisotopic (exact) mass is 222 g/mol. The minimum absolute atomic E-state index is 0.246. The Morgan fingerprint density at radius 1 is 1.27 bits per heavy atom. The molecule has 76 valence electrons. The normalized spacial score (nSPS) is 13.9. The Kier molecular flexibility index (Phi) is 2.24. The first-order chi connectivity index (χ1) is 7.13. The highest BCUT2D eigenvalue weighted by atomic mass is 32.1. The summed E-state index contributed by atoms with van der Waals surface area (Å²) in [5.41, 5.74) is 0.285. The molecule has 0 fully saturated rings. The number of hydrogen-bond acceptors (Lipinski definition) is 5. The summed E-state index contributed by atoms with van der Waals surface area (Å²) in [4.78, 5) is 34.5. The van der Waals surface area contributed by atoms with Gasteiger partial charge in [0, 0.05) is 5.56 Å². The summed E-state index contributed by atoms with van der Waals surface area (Å²) < 4.78 is 4.51. The van der Waals surface area contributed by atoms with Gasteiger partial charge in [-0.2, -0.15) is 0 Å². The number of ether oxygens (including phenoxy) is 1. The molecule has 0 spiro atoms. The summed E-state index contributed by atoms with van der Waals surface area (Å²) in [5, 5.41) is 0. The second kappa shape index (κ2) is 3.43. The topological polar surface area (TPSA) is 60.4 Å². The van der Waals surface area contributed by atoms with Gasteiger partial charge in [-0.05, 0) is 18.2 Å². The van der Waals surface area contributed by atoms with Gasteiger partial charge in [0.2, 0.25) is 0 Å². The molecule has 5 heteroatoms. The summed E-state index contributed by atoms with van der Waals surface area (Å²) in [6, 6.07) is 1.40. The summed E-state index contributed by atoms with van der Waals surface area (Å²) in [6.07, 6.45) is 2.42. The Morgan fingerprint density at radius 3 is 2.53 bits per heavy atom. The van der Waals surface area contributed by atoms with E-state index in [0.29, 0.717) is 4.88 Å². The lowest BCUT2D eigenvalue weighted by molar-refractivity contribution is 0.0606. The third kappa shape index (κ3) is 1.50. The van der Waals surface area contributed by atoms with E-state index < -0.39 is 5.97 Å². The minimum atomic E-state index is -0.532. The van der Waals surface area contributed by atoms with E-state index in [0.717, 1.165) is 11.3 Å². The lowest BCUT2D eigenvalue weighted by atomic mass is 10.0. The Labute approximate surface area is 89.2 Å². The van der Waals surface area contributed by atoms with Crippen molar-refractivity contribution in [2.75, 3.05) is 7.11 Å². The first-order valence-electron chi connectivity index (χ1n) is 4.12. The molecule has 1 aliphatic rings. The van der Waals surface area contributed by atoms with Crippen molar-refractivity contribution in [3.05, 3.63) is 33.5 Å². The molecule has 0 saturated carbocycles. The second-order valence-electron chi connectivity index (χ2n) is 2.91. The molecule has 0 unspecified atom stereocenters. The van der Waals surface area contributed by atoms with Gasteiger partial charge in [-0.1, -0.05) is 0 Å². The fraction of sp³-hybridized carbons (Fsp3) is 0.100. The largest absolute Gasteiger partial charge is 0.465 e. The maximum Gasteiger partial charge on any atom is 0.348 e. The maximum atomic E-state index is 11.4. The number of hydrogen-bond donors (Lipinski definition) is 0. The molecule has 2 rings (SSSR count). The van der Waals surface area contributed by atoms with Gasteiger partial charge in [0.05, 0.1) is 12.0 Å². The molecular weight excluding hydrogens is 216 g/mol. The van der Waals surface area contributed by atoms with Gasteiger partial charge in [-0.25, -0.2) is 4.79 Å². The Morgan fingerprint density at radius 2 is 1.93 bits per heavy atom. The van der Waals surface area contributed by atoms with E-state index in [9.17, 15) is 14.4 Å². The number of thiophene rings is 1. The van der Waals surface area contributed by atoms with E-state index in [-0.39, 0.29) is 22.0 Å². The molecule has 0 bridgehead atoms. The van der Waals surface area contributed by atoms with Crippen LogP contribution in [0.3, 0.4) is 0 Å². The predicted octanol–water partition coefficient (Wildman–Crippen LogP) is 1.47. The van der Waals surface area contributed by atoms with Gasteiger partial charge in [0.1, 0.15) is 4.88 Å². The Bertz CT molecular complexity index is 460. The highest BCUT2D eigenvalue weighted by Gasteiger charge is 2.24. The first-order valence-corrected chi connectivity index (χ1v) is 4.94. The third-order valence-electron chi connectivity index (χ3n) is 1.99. The predicted molar refractivity (Wildman–Crippen MR) is 53.5 cm³/mol. The first kappa shape index (κ1) is 9.79. The molecule has 4 nitrogen and oxygen atoms in total. The van der Waals surface area contributed by atoms with Crippen LogP contribution in [-0.2, 0) is 4.74 Å². The van der Waals surface area contributed by atoms with Crippen LogP contribution in [0.1, 0.15) is 29.7 Å². The van der Waals surface area contributed by atoms with Crippen LogP contribution < -0.4 is 0 Å². The van der Waals surface area contributed by atoms with Gasteiger partial charge in [0.15, 0.2) is 11.6 Å². The molecule has 15 heavy (non-hydrogen) atoms. The van der Waals surface area contributed by atoms with Crippen molar-refractivity contribution in [3.8, 4) is 0 Å². The SMILES string of the molecule is COC(=O)c1cc2c(s1)C(=O)C=CC2=O. The molecule has 1 aliphatic carbocycles. The van der Waals surface area contributed by atoms with Crippen molar-refractivity contribution in [2.24, 2.45) is 0 Å². The van der Waals surface area contributed by atoms with Crippen LogP contribution in [0.15, 0.2) is 18.2 Å². The fourth-order valence-electron chi connectivity index (χ4n) is 1.28. The molecule has 0 N–H and O–H groups in total. The smallest absolute Gasteiger partial charge is 0.348 e. The Hall–Kier alpha value is -1.75. The van der Waals surface area contributed by atoms with Crippen LogP contribution in [0, 0.1) is 0 Å². The van der Waals surface area contributed by atoms with E-state index in [1.807, 2.05) is 0 Å². The summed E-state index contributed by atoms with van der Waals surface area (Å²) >= 11 is 0.984. The van der Waals surface area contributed by atoms with Crippen molar-refractivity contribution < 1.29 is 19.1 Å². The maximum absolute atomic E-state index is 11.4. The number of ketones is 2. The average molecular weight is 222 g/mol. The lowest BCUT2D eigenvalue weighted by Gasteiger charge is -1.99. The molecular formula is C10H6O4S. The summed E-state index contributed by atoms with van der Waals surface area (Å²) in [6.45, 7) is 0. The summed E-state index contributed by atoms with van der Waals surface area (Å²) in [5.74, 6) is -1.03. The number of methoxy groups -OCH3 is 1. The van der Waals surface area contributed by atoms with Gasteiger partial charge in [-0.15, -0.1) is 11.3 Å². The van der Waals surface area contributed by atoms with Crippen molar-refractivity contribution in [3.63, 3.8) is 0 Å². The molecule has 0 amide bonds. The van der Waals surface area contributed by atoms with Crippen molar-refractivity contribution in [2.45, 2.75) is 0 Å². The third-order valence-corrected chi connectivity index (χ3v) is 3.12. The highest BCUT2D eigenvalue weighted by molar-refractivity contribution is 7.16. The number of rotatable bonds is 1. The molecule has 0 atom stereocenters. The van der Waals surface area contributed by atoms with Gasteiger partial charge >= 0.3 is 5.97 Å². The zero-order valence-electron chi connectivity index (χ0n) is 7.77. The number of carbonyl (C=O) groups is 3. The van der Waals surface area contributed by atoms with Crippen molar-refractivity contribution in [1.82, 2.24) is 0 Å². The fourth-order valence-corrected chi connectivity index (χ4v) is 2.28. The molecule has 1 aromatic heterocycles. The van der Waals surface area contributed by atoms with Gasteiger partial charge < -0.3 is 4.74 Å². The molecule has 0 aliphatic heterocycles. The van der Waals surface area contributed by atoms with Gasteiger partial charge in [-0.3, -0.25) is 9.59 Å². The van der Waals surface area contributed by atoms with E-state index in [2.05, 4.69) is 4.74 Å². The summed E-state index contributed by atoms with van der Waals surface area (Å²) in [7, 11) is 1.25. The van der Waals surface area contributed by atoms with E-state index >= 15 is 0 Å². The molecule has 1 heterocycles. The number of esters is 1. The number of carbonyl (C=O) groups excluding carboxylic acids is 3. The van der Waals surface area contributed by atoms with Crippen LogP contribution in [-0.4, -0.2) is 24.6 Å². The van der Waals surface area contributed by atoms with E-state index in [4.69, 9.17) is 0 Å². The van der Waals surface area contributed by atoms with Crippen LogP contribution in [0.4, 0.5) is 0 Å². The van der Waals surface area contributed by atoms with E-state index in [1.165, 1.54) is 25.3 Å². The van der Waals surface area contributed by atoms with Gasteiger partial charge in [0.25, 0.3) is 0 Å². The van der Waals surface area contributed by atoms with Crippen LogP contribution in [0.2, 0.25) is 0 Å². The zero-order valence-corrected chi connectivity index (χ0v) is 8.59. The van der Waals surface area contributed by atoms with Crippen LogP contribution in [0.25, 0.3) is 0 Å². The minimum Gasteiger partial charge on any atom is -0.465 e. The van der Waals surface area contributed by atoms with Crippen molar-refractivity contribution >= 4 is 28.9 Å². The molecule has 0 radical (unpaired) electrons. The zero-order chi connectivity index (χ0) is 11.0. The standard InChI is InChI=1S/C10H6O4S/c1-14-10(13)8-4-5-6(11)2-3-7(12)9(5)15-8/h2-4H,1H3. The molecule has 1 aromatic rings. The molecule has 0 saturated heterocycles. The van der Waals surface area contributed by atoms with Crippen molar-refractivity contribution in [1.29, 1.82) is 0 Å². The van der Waals surface area contributed by atoms with Crippen LogP contribution in [0.5, 0.6) is 0 Å². The van der Waals surface area contributed by atoms with Crippen LogP contribution >= 0.6 is 11.3 Å². The molecule has 0 aromatic carbocycles. The highest BCUT2D eigenvalue weighted by Crippen LogP contribution is 2.27. The lowest BCUT2D eigenvalue weighted by Crippen LogP contribution is -2.07. The Balaban J connectivity index is 2.52. The second-order valence-corrected chi connectivity index (χ2v) is 3.96. The number of fused-ring (bicyclic) bond motifs is 1. The quantitative estimate of drug-likeness (QED) is 0.675. The number of allylic oxidation sites excluding steroid dienone is 2. The average Bonchev–Trinajstić information content (AvgIpc) is 2.68.